The first-order valence-corrected chi connectivity index (χ1v) is 6.34. The van der Waals surface area contributed by atoms with E-state index in [-0.39, 0.29) is 11.9 Å². The average molecular weight is 236 g/mol. The Labute approximate surface area is 102 Å². The molecule has 0 bridgehead atoms. The van der Waals surface area contributed by atoms with E-state index in [2.05, 4.69) is 5.32 Å². The molecule has 2 rings (SSSR count). The summed E-state index contributed by atoms with van der Waals surface area (Å²) < 4.78 is 5.43. The third kappa shape index (κ3) is 2.69. The van der Waals surface area contributed by atoms with Gasteiger partial charge in [0.15, 0.2) is 5.76 Å². The van der Waals surface area contributed by atoms with Gasteiger partial charge in [0.1, 0.15) is 5.76 Å². The van der Waals surface area contributed by atoms with E-state index in [4.69, 9.17) is 10.2 Å². The van der Waals surface area contributed by atoms with E-state index in [0.717, 1.165) is 31.4 Å². The van der Waals surface area contributed by atoms with Crippen LogP contribution in [0.5, 0.6) is 0 Å². The van der Waals surface area contributed by atoms with Crippen LogP contribution in [0.3, 0.4) is 0 Å². The van der Waals surface area contributed by atoms with Gasteiger partial charge in [0, 0.05) is 12.5 Å². The maximum absolute atomic E-state index is 11.9. The molecule has 1 fully saturated rings. The van der Waals surface area contributed by atoms with Crippen molar-refractivity contribution in [1.29, 1.82) is 0 Å². The average Bonchev–Trinajstić information content (AvgIpc) is 2.96. The van der Waals surface area contributed by atoms with E-state index >= 15 is 0 Å². The third-order valence-electron chi connectivity index (χ3n) is 3.51. The second kappa shape index (κ2) is 5.36. The van der Waals surface area contributed by atoms with E-state index in [0.29, 0.717) is 18.2 Å². The normalized spacial score (nSPS) is 23.9. The Morgan fingerprint density at radius 2 is 2.35 bits per heavy atom. The second-order valence-electron chi connectivity index (χ2n) is 4.63. The standard InChI is InChI=1S/C13H20N2O2/c1-2-10-6-7-12(17-10)13(16)15-11-5-3-4-9(11)8-14/h6-7,9,11H,2-5,8,14H2,1H3,(H,15,16). The van der Waals surface area contributed by atoms with E-state index in [1.807, 2.05) is 13.0 Å². The predicted octanol–water partition coefficient (Wildman–Crippen LogP) is 1.70. The fourth-order valence-electron chi connectivity index (χ4n) is 2.44. The topological polar surface area (TPSA) is 68.3 Å². The van der Waals surface area contributed by atoms with Crippen LogP contribution >= 0.6 is 0 Å². The molecular formula is C13H20N2O2. The summed E-state index contributed by atoms with van der Waals surface area (Å²) in [5.41, 5.74) is 5.69. The zero-order valence-corrected chi connectivity index (χ0v) is 10.2. The first-order valence-electron chi connectivity index (χ1n) is 6.34. The van der Waals surface area contributed by atoms with Crippen molar-refractivity contribution in [1.82, 2.24) is 5.32 Å². The smallest absolute Gasteiger partial charge is 0.287 e. The van der Waals surface area contributed by atoms with Crippen LogP contribution in [0.25, 0.3) is 0 Å². The molecule has 0 saturated heterocycles. The quantitative estimate of drug-likeness (QED) is 0.836. The summed E-state index contributed by atoms with van der Waals surface area (Å²) in [4.78, 5) is 11.9. The van der Waals surface area contributed by atoms with E-state index in [9.17, 15) is 4.79 Å². The van der Waals surface area contributed by atoms with Gasteiger partial charge in [-0.2, -0.15) is 0 Å². The van der Waals surface area contributed by atoms with Gasteiger partial charge in [-0.15, -0.1) is 0 Å². The summed E-state index contributed by atoms with van der Waals surface area (Å²) in [5.74, 6) is 1.55. The molecule has 94 valence electrons. The number of aryl methyl sites for hydroxylation is 1. The Bertz CT molecular complexity index is 387. The van der Waals surface area contributed by atoms with Crippen LogP contribution in [0.1, 0.15) is 42.5 Å². The Morgan fingerprint density at radius 1 is 1.53 bits per heavy atom. The molecule has 17 heavy (non-hydrogen) atoms. The van der Waals surface area contributed by atoms with E-state index in [1.54, 1.807) is 6.07 Å². The summed E-state index contributed by atoms with van der Waals surface area (Å²) in [7, 11) is 0. The summed E-state index contributed by atoms with van der Waals surface area (Å²) >= 11 is 0. The van der Waals surface area contributed by atoms with Gasteiger partial charge in [-0.3, -0.25) is 4.79 Å². The minimum atomic E-state index is -0.116. The van der Waals surface area contributed by atoms with Gasteiger partial charge in [0.25, 0.3) is 5.91 Å². The van der Waals surface area contributed by atoms with Crippen molar-refractivity contribution >= 4 is 5.91 Å². The number of nitrogens with two attached hydrogens (primary N) is 1. The van der Waals surface area contributed by atoms with Crippen molar-refractivity contribution in [2.24, 2.45) is 11.7 Å². The number of rotatable bonds is 4. The summed E-state index contributed by atoms with van der Waals surface area (Å²) in [5, 5.41) is 3.02. The van der Waals surface area contributed by atoms with E-state index < -0.39 is 0 Å². The number of hydrogen-bond acceptors (Lipinski definition) is 3. The number of nitrogens with one attached hydrogen (secondary N) is 1. The fraction of sp³-hybridized carbons (Fsp3) is 0.615. The molecule has 4 heteroatoms. The van der Waals surface area contributed by atoms with Gasteiger partial charge in [-0.25, -0.2) is 0 Å². The van der Waals surface area contributed by atoms with Crippen molar-refractivity contribution in [2.75, 3.05) is 6.54 Å². The number of furan rings is 1. The Balaban J connectivity index is 1.96. The highest BCUT2D eigenvalue weighted by Gasteiger charge is 2.28. The molecular weight excluding hydrogens is 216 g/mol. The zero-order valence-electron chi connectivity index (χ0n) is 10.2. The molecule has 2 atom stereocenters. The van der Waals surface area contributed by atoms with Crippen LogP contribution in [0.15, 0.2) is 16.5 Å². The highest BCUT2D eigenvalue weighted by Crippen LogP contribution is 2.25. The van der Waals surface area contributed by atoms with Gasteiger partial charge in [0.05, 0.1) is 0 Å². The van der Waals surface area contributed by atoms with Crippen molar-refractivity contribution < 1.29 is 9.21 Å². The Hall–Kier alpha value is -1.29. The minimum Gasteiger partial charge on any atom is -0.456 e. The largest absolute Gasteiger partial charge is 0.456 e. The first-order chi connectivity index (χ1) is 8.24. The van der Waals surface area contributed by atoms with Crippen LogP contribution < -0.4 is 11.1 Å². The number of carbonyl (C=O) groups is 1. The molecule has 2 unspecified atom stereocenters. The molecule has 1 aromatic rings. The lowest BCUT2D eigenvalue weighted by molar-refractivity contribution is 0.0899. The van der Waals surface area contributed by atoms with Gasteiger partial charge in [-0.1, -0.05) is 13.3 Å². The number of hydrogen-bond donors (Lipinski definition) is 2. The lowest BCUT2D eigenvalue weighted by Gasteiger charge is -2.18. The Kier molecular flexibility index (Phi) is 3.84. The first kappa shape index (κ1) is 12.2. The van der Waals surface area contributed by atoms with Crippen LogP contribution in [-0.2, 0) is 6.42 Å². The molecule has 1 aliphatic carbocycles. The molecule has 0 aliphatic heterocycles. The maximum atomic E-state index is 11.9. The van der Waals surface area contributed by atoms with Crippen molar-refractivity contribution in [3.8, 4) is 0 Å². The minimum absolute atomic E-state index is 0.116. The summed E-state index contributed by atoms with van der Waals surface area (Å²) in [6.07, 6.45) is 4.09. The lowest BCUT2D eigenvalue weighted by atomic mass is 10.0. The molecule has 1 aliphatic rings. The molecule has 0 radical (unpaired) electrons. The molecule has 0 aromatic carbocycles. The molecule has 1 heterocycles. The molecule has 1 amide bonds. The fourth-order valence-corrected chi connectivity index (χ4v) is 2.44. The number of carbonyl (C=O) groups excluding carboxylic acids is 1. The zero-order chi connectivity index (χ0) is 12.3. The third-order valence-corrected chi connectivity index (χ3v) is 3.51. The van der Waals surface area contributed by atoms with Gasteiger partial charge < -0.3 is 15.5 Å². The molecule has 1 saturated carbocycles. The van der Waals surface area contributed by atoms with Crippen molar-refractivity contribution in [2.45, 2.75) is 38.6 Å². The monoisotopic (exact) mass is 236 g/mol. The van der Waals surface area contributed by atoms with Crippen molar-refractivity contribution in [3.63, 3.8) is 0 Å². The highest BCUT2D eigenvalue weighted by molar-refractivity contribution is 5.91. The summed E-state index contributed by atoms with van der Waals surface area (Å²) in [6.45, 7) is 2.64. The highest BCUT2D eigenvalue weighted by atomic mass is 16.3. The maximum Gasteiger partial charge on any atom is 0.287 e. The van der Waals surface area contributed by atoms with Crippen LogP contribution in [0.2, 0.25) is 0 Å². The molecule has 0 spiro atoms. The van der Waals surface area contributed by atoms with Crippen molar-refractivity contribution in [3.05, 3.63) is 23.7 Å². The van der Waals surface area contributed by atoms with Gasteiger partial charge >= 0.3 is 0 Å². The van der Waals surface area contributed by atoms with Crippen LogP contribution in [0, 0.1) is 5.92 Å². The predicted molar refractivity (Wildman–Crippen MR) is 65.7 cm³/mol. The van der Waals surface area contributed by atoms with Crippen LogP contribution in [-0.4, -0.2) is 18.5 Å². The lowest BCUT2D eigenvalue weighted by Crippen LogP contribution is -2.39. The summed E-state index contributed by atoms with van der Waals surface area (Å²) in [6, 6.07) is 3.80. The van der Waals surface area contributed by atoms with Crippen LogP contribution in [0.4, 0.5) is 0 Å². The molecule has 3 N–H and O–H groups in total. The molecule has 4 nitrogen and oxygen atoms in total. The van der Waals surface area contributed by atoms with Gasteiger partial charge in [0.2, 0.25) is 0 Å². The SMILES string of the molecule is CCc1ccc(C(=O)NC2CCCC2CN)o1. The van der Waals surface area contributed by atoms with Gasteiger partial charge in [-0.05, 0) is 37.4 Å². The second-order valence-corrected chi connectivity index (χ2v) is 4.63. The van der Waals surface area contributed by atoms with E-state index in [1.165, 1.54) is 0 Å². The Morgan fingerprint density at radius 3 is 3.00 bits per heavy atom. The molecule has 1 aromatic heterocycles. The number of amides is 1.